The Labute approximate surface area is 125 Å². The predicted molar refractivity (Wildman–Crippen MR) is 83.7 cm³/mol. The number of methoxy groups -OCH3 is 1. The van der Waals surface area contributed by atoms with Crippen LogP contribution in [0.4, 0.5) is 5.69 Å². The van der Waals surface area contributed by atoms with E-state index in [0.29, 0.717) is 11.7 Å². The first-order chi connectivity index (χ1) is 10.0. The van der Waals surface area contributed by atoms with E-state index in [4.69, 9.17) is 4.74 Å². The maximum atomic E-state index is 11.7. The van der Waals surface area contributed by atoms with Gasteiger partial charge in [-0.2, -0.15) is 0 Å². The lowest BCUT2D eigenvalue weighted by molar-refractivity contribution is -0.139. The molecule has 4 nitrogen and oxygen atoms in total. The van der Waals surface area contributed by atoms with Crippen molar-refractivity contribution in [2.75, 3.05) is 12.4 Å². The molecular formula is C17H23NO3. The number of ether oxygens (including phenoxy) is 1. The average Bonchev–Trinajstić information content (AvgIpc) is 2.43. The van der Waals surface area contributed by atoms with Crippen LogP contribution in [0.3, 0.4) is 0 Å². The molecule has 0 aromatic heterocycles. The molecule has 4 heteroatoms. The van der Waals surface area contributed by atoms with E-state index in [-0.39, 0.29) is 5.92 Å². The van der Waals surface area contributed by atoms with Gasteiger partial charge in [0.15, 0.2) is 0 Å². The summed E-state index contributed by atoms with van der Waals surface area (Å²) >= 11 is 0. The number of hydrogen-bond acceptors (Lipinski definition) is 3. The van der Waals surface area contributed by atoms with Crippen LogP contribution in [0.2, 0.25) is 0 Å². The summed E-state index contributed by atoms with van der Waals surface area (Å²) in [6, 6.07) is 6.82. The van der Waals surface area contributed by atoms with Gasteiger partial charge in [-0.3, -0.25) is 0 Å². The summed E-state index contributed by atoms with van der Waals surface area (Å²) in [5.41, 5.74) is 2.00. The number of para-hydroxylation sites is 2. The van der Waals surface area contributed by atoms with Crippen LogP contribution in [-0.2, 0) is 4.79 Å². The molecule has 0 saturated carbocycles. The third kappa shape index (κ3) is 3.78. The second-order valence-corrected chi connectivity index (χ2v) is 5.85. The average molecular weight is 289 g/mol. The highest BCUT2D eigenvalue weighted by atomic mass is 16.5. The van der Waals surface area contributed by atoms with E-state index in [2.05, 4.69) is 25.2 Å². The molecule has 21 heavy (non-hydrogen) atoms. The number of carboxylic acids is 1. The molecule has 3 unspecified atom stereocenters. The number of rotatable bonds is 5. The Bertz CT molecular complexity index is 539. The van der Waals surface area contributed by atoms with E-state index < -0.39 is 12.0 Å². The number of benzene rings is 1. The largest absolute Gasteiger partial charge is 0.495 e. The van der Waals surface area contributed by atoms with Gasteiger partial charge in [0.25, 0.3) is 0 Å². The Morgan fingerprint density at radius 1 is 1.43 bits per heavy atom. The van der Waals surface area contributed by atoms with Crippen molar-refractivity contribution in [1.82, 2.24) is 0 Å². The molecule has 1 aliphatic rings. The Morgan fingerprint density at radius 2 is 2.14 bits per heavy atom. The number of nitrogens with one attached hydrogen (secondary N) is 1. The van der Waals surface area contributed by atoms with Gasteiger partial charge in [0, 0.05) is 0 Å². The van der Waals surface area contributed by atoms with E-state index in [1.165, 1.54) is 5.57 Å². The van der Waals surface area contributed by atoms with E-state index in [0.717, 1.165) is 18.5 Å². The molecule has 0 amide bonds. The smallest absolute Gasteiger partial charge is 0.326 e. The highest BCUT2D eigenvalue weighted by Crippen LogP contribution is 2.33. The van der Waals surface area contributed by atoms with Gasteiger partial charge < -0.3 is 15.2 Å². The lowest BCUT2D eigenvalue weighted by Gasteiger charge is -2.31. The third-order valence-corrected chi connectivity index (χ3v) is 3.98. The van der Waals surface area contributed by atoms with Gasteiger partial charge in [-0.05, 0) is 43.7 Å². The second-order valence-electron chi connectivity index (χ2n) is 5.85. The zero-order valence-electron chi connectivity index (χ0n) is 12.8. The van der Waals surface area contributed by atoms with Gasteiger partial charge >= 0.3 is 5.97 Å². The van der Waals surface area contributed by atoms with Crippen LogP contribution in [0.1, 0.15) is 26.7 Å². The standard InChI is InChI=1S/C17H23NO3/c1-11-8-12(2)10-13(9-11)16(17(19)20)18-14-6-4-5-7-15(14)21-3/h4-8,11,13,16,18H,9-10H2,1-3H3,(H,19,20). The minimum absolute atomic E-state index is 0.0902. The van der Waals surface area contributed by atoms with Gasteiger partial charge in [-0.1, -0.05) is 30.7 Å². The fourth-order valence-electron chi connectivity index (χ4n) is 3.16. The molecule has 2 rings (SSSR count). The first-order valence-corrected chi connectivity index (χ1v) is 7.31. The van der Waals surface area contributed by atoms with Crippen molar-refractivity contribution in [3.8, 4) is 5.75 Å². The van der Waals surface area contributed by atoms with Crippen LogP contribution in [0.5, 0.6) is 5.75 Å². The van der Waals surface area contributed by atoms with Crippen molar-refractivity contribution in [2.24, 2.45) is 11.8 Å². The first-order valence-electron chi connectivity index (χ1n) is 7.31. The molecule has 0 saturated heterocycles. The molecule has 0 heterocycles. The highest BCUT2D eigenvalue weighted by Gasteiger charge is 2.31. The van der Waals surface area contributed by atoms with Crippen molar-refractivity contribution < 1.29 is 14.6 Å². The summed E-state index contributed by atoms with van der Waals surface area (Å²) in [7, 11) is 1.59. The van der Waals surface area contributed by atoms with Crippen LogP contribution in [-0.4, -0.2) is 24.2 Å². The first kappa shape index (κ1) is 15.4. The van der Waals surface area contributed by atoms with Crippen molar-refractivity contribution in [3.05, 3.63) is 35.9 Å². The Morgan fingerprint density at radius 3 is 2.76 bits per heavy atom. The molecule has 0 spiro atoms. The minimum atomic E-state index is -0.812. The second kappa shape index (κ2) is 6.66. The lowest BCUT2D eigenvalue weighted by Crippen LogP contribution is -2.39. The number of carbonyl (C=O) groups is 1. The van der Waals surface area contributed by atoms with Crippen LogP contribution in [0, 0.1) is 11.8 Å². The van der Waals surface area contributed by atoms with Crippen LogP contribution in [0.15, 0.2) is 35.9 Å². The van der Waals surface area contributed by atoms with E-state index in [1.807, 2.05) is 24.3 Å². The fourth-order valence-corrected chi connectivity index (χ4v) is 3.16. The van der Waals surface area contributed by atoms with E-state index in [9.17, 15) is 9.90 Å². The molecule has 0 fully saturated rings. The number of aliphatic carboxylic acids is 1. The number of allylic oxidation sites excluding steroid dienone is 2. The normalized spacial score (nSPS) is 23.1. The molecular weight excluding hydrogens is 266 g/mol. The van der Waals surface area contributed by atoms with E-state index >= 15 is 0 Å². The number of anilines is 1. The summed E-state index contributed by atoms with van der Waals surface area (Å²) in [5.74, 6) is 0.366. The summed E-state index contributed by atoms with van der Waals surface area (Å²) in [6.45, 7) is 4.21. The van der Waals surface area contributed by atoms with Gasteiger partial charge in [0.05, 0.1) is 12.8 Å². The lowest BCUT2D eigenvalue weighted by atomic mass is 9.79. The summed E-state index contributed by atoms with van der Waals surface area (Å²) in [6.07, 6.45) is 3.94. The quantitative estimate of drug-likeness (QED) is 0.814. The number of carboxylic acid groups (broad SMARTS) is 1. The summed E-state index contributed by atoms with van der Waals surface area (Å²) in [4.78, 5) is 11.7. The Hall–Kier alpha value is -1.97. The monoisotopic (exact) mass is 289 g/mol. The Kier molecular flexibility index (Phi) is 4.89. The van der Waals surface area contributed by atoms with Gasteiger partial charge in [-0.25, -0.2) is 4.79 Å². The van der Waals surface area contributed by atoms with Gasteiger partial charge in [0.1, 0.15) is 11.8 Å². The predicted octanol–water partition coefficient (Wildman–Crippen LogP) is 3.55. The third-order valence-electron chi connectivity index (χ3n) is 3.98. The molecule has 3 atom stereocenters. The topological polar surface area (TPSA) is 58.6 Å². The number of hydrogen-bond donors (Lipinski definition) is 2. The maximum Gasteiger partial charge on any atom is 0.326 e. The van der Waals surface area contributed by atoms with Crippen molar-refractivity contribution in [3.63, 3.8) is 0 Å². The molecule has 1 aromatic rings. The molecule has 0 bridgehead atoms. The molecule has 0 radical (unpaired) electrons. The van der Waals surface area contributed by atoms with Crippen molar-refractivity contribution in [1.29, 1.82) is 0 Å². The van der Waals surface area contributed by atoms with Crippen LogP contribution >= 0.6 is 0 Å². The van der Waals surface area contributed by atoms with Crippen LogP contribution < -0.4 is 10.1 Å². The fraction of sp³-hybridized carbons (Fsp3) is 0.471. The minimum Gasteiger partial charge on any atom is -0.495 e. The van der Waals surface area contributed by atoms with Crippen molar-refractivity contribution in [2.45, 2.75) is 32.7 Å². The van der Waals surface area contributed by atoms with Crippen molar-refractivity contribution >= 4 is 11.7 Å². The SMILES string of the molecule is COc1ccccc1NC(C(=O)O)C1CC(C)=CC(C)C1. The highest BCUT2D eigenvalue weighted by molar-refractivity contribution is 5.78. The molecule has 2 N–H and O–H groups in total. The Balaban J connectivity index is 2.20. The van der Waals surface area contributed by atoms with Crippen LogP contribution in [0.25, 0.3) is 0 Å². The molecule has 1 aromatic carbocycles. The maximum absolute atomic E-state index is 11.7. The summed E-state index contributed by atoms with van der Waals surface area (Å²) in [5, 5.41) is 12.8. The molecule has 114 valence electrons. The molecule has 0 aliphatic heterocycles. The molecule has 1 aliphatic carbocycles. The summed E-state index contributed by atoms with van der Waals surface area (Å²) < 4.78 is 5.29. The zero-order chi connectivity index (χ0) is 15.4. The van der Waals surface area contributed by atoms with E-state index in [1.54, 1.807) is 7.11 Å². The van der Waals surface area contributed by atoms with Gasteiger partial charge in [-0.15, -0.1) is 0 Å². The zero-order valence-corrected chi connectivity index (χ0v) is 12.8. The van der Waals surface area contributed by atoms with Gasteiger partial charge in [0.2, 0.25) is 0 Å².